The normalized spacial score (nSPS) is 18.2. The van der Waals surface area contributed by atoms with Crippen LogP contribution in [-0.4, -0.2) is 61.2 Å². The van der Waals surface area contributed by atoms with E-state index in [1.807, 2.05) is 24.4 Å². The van der Waals surface area contributed by atoms with Crippen LogP contribution in [0.4, 0.5) is 11.5 Å². The highest BCUT2D eigenvalue weighted by molar-refractivity contribution is 6.76. The number of benzene rings is 1. The first-order chi connectivity index (χ1) is 18.2. The summed E-state index contributed by atoms with van der Waals surface area (Å²) < 4.78 is 8.49. The van der Waals surface area contributed by atoms with Gasteiger partial charge in [-0.05, 0) is 75.0 Å². The third kappa shape index (κ3) is 6.13. The standard InChI is InChI=1S/C30H43N5O2Si/c1-22-8-6-13-34(22)20-26-17-25-19-31-29(18-28(25)35(26)21-37-14-15-38(3,4)5)32-30(36)24-10-11-27-23(16-24)9-7-12-33(27)2/h10-11,16-19,22H,6-9,12-15,20-21H2,1-5H3,(H,31,32,36)/t22-/m0/s1. The Balaban J connectivity index is 1.37. The number of anilines is 2. The van der Waals surface area contributed by atoms with E-state index in [4.69, 9.17) is 4.74 Å². The molecule has 204 valence electrons. The number of likely N-dealkylation sites (tertiary alicyclic amines) is 1. The Morgan fingerprint density at radius 2 is 2.00 bits per heavy atom. The minimum Gasteiger partial charge on any atom is -0.374 e. The number of ether oxygens (including phenoxy) is 1. The molecular weight excluding hydrogens is 490 g/mol. The van der Waals surface area contributed by atoms with Gasteiger partial charge in [-0.15, -0.1) is 0 Å². The van der Waals surface area contributed by atoms with Crippen LogP contribution in [-0.2, 0) is 24.4 Å². The molecule has 2 aliphatic heterocycles. The minimum absolute atomic E-state index is 0.122. The molecule has 0 unspecified atom stereocenters. The van der Waals surface area contributed by atoms with Crippen LogP contribution in [0.1, 0.15) is 47.8 Å². The summed E-state index contributed by atoms with van der Waals surface area (Å²) >= 11 is 0. The first-order valence-electron chi connectivity index (χ1n) is 14.1. The molecule has 0 bridgehead atoms. The highest BCUT2D eigenvalue weighted by Gasteiger charge is 2.23. The van der Waals surface area contributed by atoms with Crippen molar-refractivity contribution in [3.05, 3.63) is 53.3 Å². The molecule has 1 saturated heterocycles. The maximum absolute atomic E-state index is 13.2. The summed E-state index contributed by atoms with van der Waals surface area (Å²) in [5.41, 5.74) is 5.43. The first-order valence-corrected chi connectivity index (χ1v) is 17.8. The Kier molecular flexibility index (Phi) is 7.93. The summed E-state index contributed by atoms with van der Waals surface area (Å²) in [4.78, 5) is 22.6. The number of amides is 1. The van der Waals surface area contributed by atoms with Gasteiger partial charge in [-0.3, -0.25) is 9.69 Å². The lowest BCUT2D eigenvalue weighted by atomic mass is 9.99. The summed E-state index contributed by atoms with van der Waals surface area (Å²) in [7, 11) is 0.950. The molecule has 7 nitrogen and oxygen atoms in total. The van der Waals surface area contributed by atoms with E-state index in [-0.39, 0.29) is 5.91 Å². The van der Waals surface area contributed by atoms with Gasteiger partial charge in [0.2, 0.25) is 0 Å². The van der Waals surface area contributed by atoms with Crippen molar-refractivity contribution in [2.75, 3.05) is 37.0 Å². The van der Waals surface area contributed by atoms with Crippen LogP contribution in [0.5, 0.6) is 0 Å². The van der Waals surface area contributed by atoms with Crippen molar-refractivity contribution in [3.8, 4) is 0 Å². The number of aryl methyl sites for hydroxylation is 1. The zero-order valence-electron chi connectivity index (χ0n) is 23.7. The molecule has 2 aromatic heterocycles. The third-order valence-corrected chi connectivity index (χ3v) is 9.78. The second-order valence-electron chi connectivity index (χ2n) is 12.3. The first kappa shape index (κ1) is 26.9. The van der Waals surface area contributed by atoms with E-state index in [1.165, 1.54) is 29.8 Å². The average molecular weight is 534 g/mol. The molecule has 5 rings (SSSR count). The van der Waals surface area contributed by atoms with Gasteiger partial charge in [0.1, 0.15) is 12.5 Å². The van der Waals surface area contributed by atoms with Crippen molar-refractivity contribution in [1.82, 2.24) is 14.5 Å². The van der Waals surface area contributed by atoms with Crippen LogP contribution >= 0.6 is 0 Å². The topological polar surface area (TPSA) is 62.6 Å². The number of fused-ring (bicyclic) bond motifs is 2. The summed E-state index contributed by atoms with van der Waals surface area (Å²) in [6.07, 6.45) is 6.51. The van der Waals surface area contributed by atoms with E-state index in [1.54, 1.807) is 0 Å². The number of pyridine rings is 1. The number of rotatable bonds is 9. The molecule has 0 radical (unpaired) electrons. The Morgan fingerprint density at radius 1 is 1.16 bits per heavy atom. The lowest BCUT2D eigenvalue weighted by Crippen LogP contribution is -2.27. The molecule has 8 heteroatoms. The van der Waals surface area contributed by atoms with Gasteiger partial charge >= 0.3 is 0 Å². The van der Waals surface area contributed by atoms with Gasteiger partial charge < -0.3 is 19.5 Å². The lowest BCUT2D eigenvalue weighted by Gasteiger charge is -2.27. The van der Waals surface area contributed by atoms with Gasteiger partial charge in [-0.1, -0.05) is 19.6 Å². The number of carbonyl (C=O) groups excluding carboxylic acids is 1. The van der Waals surface area contributed by atoms with E-state index in [0.29, 0.717) is 24.2 Å². The molecule has 3 aromatic rings. The summed E-state index contributed by atoms with van der Waals surface area (Å²) in [5.74, 6) is 0.448. The zero-order valence-corrected chi connectivity index (χ0v) is 24.7. The Bertz CT molecular complexity index is 1300. The fourth-order valence-electron chi connectivity index (χ4n) is 5.65. The van der Waals surface area contributed by atoms with E-state index in [9.17, 15) is 4.79 Å². The van der Waals surface area contributed by atoms with Gasteiger partial charge in [0.25, 0.3) is 5.91 Å². The monoisotopic (exact) mass is 533 g/mol. The van der Waals surface area contributed by atoms with Crippen molar-refractivity contribution in [2.45, 2.75) is 77.6 Å². The van der Waals surface area contributed by atoms with Gasteiger partial charge in [0, 0.05) is 75.5 Å². The van der Waals surface area contributed by atoms with Crippen molar-refractivity contribution in [3.63, 3.8) is 0 Å². The van der Waals surface area contributed by atoms with E-state index in [0.717, 1.165) is 56.0 Å². The zero-order chi connectivity index (χ0) is 26.9. The molecule has 4 heterocycles. The van der Waals surface area contributed by atoms with Crippen molar-refractivity contribution >= 4 is 36.4 Å². The second-order valence-corrected chi connectivity index (χ2v) is 17.9. The number of hydrogen-bond donors (Lipinski definition) is 1. The van der Waals surface area contributed by atoms with E-state index < -0.39 is 8.07 Å². The Morgan fingerprint density at radius 3 is 2.76 bits per heavy atom. The maximum atomic E-state index is 13.2. The number of nitrogens with zero attached hydrogens (tertiary/aromatic N) is 4. The minimum atomic E-state index is -1.16. The second kappa shape index (κ2) is 11.2. The highest BCUT2D eigenvalue weighted by atomic mass is 28.3. The molecule has 2 aliphatic rings. The molecule has 1 fully saturated rings. The third-order valence-electron chi connectivity index (χ3n) is 8.08. The molecule has 1 atom stereocenters. The average Bonchev–Trinajstić information content (AvgIpc) is 3.43. The predicted molar refractivity (Wildman–Crippen MR) is 159 cm³/mol. The van der Waals surface area contributed by atoms with E-state index in [2.05, 4.69) is 70.4 Å². The number of aromatic nitrogens is 2. The predicted octanol–water partition coefficient (Wildman–Crippen LogP) is 5.97. The van der Waals surface area contributed by atoms with E-state index >= 15 is 0 Å². The largest absolute Gasteiger partial charge is 0.374 e. The van der Waals surface area contributed by atoms with Gasteiger partial charge in [0.05, 0.1) is 5.52 Å². The van der Waals surface area contributed by atoms with Gasteiger partial charge in [-0.2, -0.15) is 0 Å². The van der Waals surface area contributed by atoms with Crippen molar-refractivity contribution < 1.29 is 9.53 Å². The lowest BCUT2D eigenvalue weighted by molar-refractivity contribution is 0.0863. The SMILES string of the molecule is C[C@H]1CCCN1Cc1cc2cnc(NC(=O)c3ccc4c(c3)CCCN4C)cc2n1COCC[Si](C)(C)C. The fraction of sp³-hybridized carbons (Fsp3) is 0.533. The van der Waals surface area contributed by atoms with Crippen molar-refractivity contribution in [2.24, 2.45) is 0 Å². The Labute approximate surface area is 228 Å². The fourth-order valence-corrected chi connectivity index (χ4v) is 6.41. The number of hydrogen-bond acceptors (Lipinski definition) is 5. The van der Waals surface area contributed by atoms with Crippen LogP contribution < -0.4 is 10.2 Å². The van der Waals surface area contributed by atoms with Gasteiger partial charge in [0.15, 0.2) is 0 Å². The van der Waals surface area contributed by atoms with Crippen LogP contribution in [0.2, 0.25) is 25.7 Å². The Hall–Kier alpha value is -2.68. The summed E-state index contributed by atoms with van der Waals surface area (Å²) in [6, 6.07) is 12.0. The summed E-state index contributed by atoms with van der Waals surface area (Å²) in [5, 5.41) is 4.13. The van der Waals surface area contributed by atoms with Crippen molar-refractivity contribution in [1.29, 1.82) is 0 Å². The quantitative estimate of drug-likeness (QED) is 0.271. The molecule has 0 aliphatic carbocycles. The van der Waals surface area contributed by atoms with Gasteiger partial charge in [-0.25, -0.2) is 4.98 Å². The molecular formula is C30H43N5O2Si. The molecule has 1 N–H and O–H groups in total. The number of nitrogens with one attached hydrogen (secondary N) is 1. The molecule has 38 heavy (non-hydrogen) atoms. The highest BCUT2D eigenvalue weighted by Crippen LogP contribution is 2.28. The van der Waals surface area contributed by atoms with Crippen LogP contribution in [0.25, 0.3) is 10.9 Å². The summed E-state index contributed by atoms with van der Waals surface area (Å²) in [6.45, 7) is 13.8. The molecule has 0 spiro atoms. The molecule has 1 aromatic carbocycles. The van der Waals surface area contributed by atoms with Crippen LogP contribution in [0, 0.1) is 0 Å². The number of carbonyl (C=O) groups is 1. The maximum Gasteiger partial charge on any atom is 0.256 e. The molecule has 1 amide bonds. The van der Waals surface area contributed by atoms with Crippen LogP contribution in [0.15, 0.2) is 36.5 Å². The van der Waals surface area contributed by atoms with Crippen LogP contribution in [0.3, 0.4) is 0 Å². The molecule has 0 saturated carbocycles. The smallest absolute Gasteiger partial charge is 0.256 e.